The van der Waals surface area contributed by atoms with Crippen molar-refractivity contribution in [2.24, 2.45) is 17.4 Å². The number of likely N-dealkylation sites (N-methyl/N-ethyl adjacent to an activating group) is 2. The second-order valence-corrected chi connectivity index (χ2v) is 24.8. The lowest BCUT2D eigenvalue weighted by Crippen LogP contribution is -2.65. The molecule has 0 radical (unpaired) electrons. The number of fused-ring (bicyclic) bond motifs is 1. The highest BCUT2D eigenvalue weighted by molar-refractivity contribution is 8.00. The zero-order chi connectivity index (χ0) is 59.4. The standard InChI is InChI=1S/C57H97N17O8S/c1-5-40(2)50-53(81)74(38-47(77)68(50)4)43(21-14-17-25-59)52(80)70-30-34-72(35-31-70)56-65-54(61-27-19-15-22-44-49-41(39-83-44)62-57(82)63-49)64-55(66-56)71-32-28-69(29-33-71)45(75)23-12-10-8-6-7-9-11-18-26-60-51(79)42(20-13-16-24-58)73-37-46(76)67(3)36-48(73)78/h40-44,49-50H,5-39,58-59H2,1-4H3,(H,60,79)(H2,62,63,82)(H,61,64,65,66)/t40-,41-,42-,43-,44-,49-,50-/m0/s1. The fourth-order valence-electron chi connectivity index (χ4n) is 12.2. The Morgan fingerprint density at radius 2 is 1.24 bits per heavy atom. The number of hydrogen-bond donors (Lipinski definition) is 6. The number of rotatable bonds is 33. The van der Waals surface area contributed by atoms with Gasteiger partial charge in [-0.2, -0.15) is 26.7 Å². The molecule has 6 aliphatic heterocycles. The van der Waals surface area contributed by atoms with Crippen LogP contribution in [-0.2, 0) is 33.6 Å². The second-order valence-electron chi connectivity index (χ2n) is 23.5. The topological polar surface area (TPSA) is 301 Å². The van der Waals surface area contributed by atoms with Gasteiger partial charge in [-0.05, 0) is 83.2 Å². The van der Waals surface area contributed by atoms with Crippen LogP contribution in [0.15, 0.2) is 0 Å². The van der Waals surface area contributed by atoms with Gasteiger partial charge in [0.1, 0.15) is 31.2 Å². The van der Waals surface area contributed by atoms with Gasteiger partial charge in [-0.15, -0.1) is 0 Å². The van der Waals surface area contributed by atoms with Crippen LogP contribution in [0.4, 0.5) is 22.6 Å². The molecule has 1 aromatic rings. The Morgan fingerprint density at radius 3 is 1.88 bits per heavy atom. The molecule has 0 saturated carbocycles. The Kier molecular flexibility index (Phi) is 25.4. The minimum atomic E-state index is -0.767. The predicted molar refractivity (Wildman–Crippen MR) is 320 cm³/mol. The van der Waals surface area contributed by atoms with Crippen molar-refractivity contribution in [2.75, 3.05) is 133 Å². The van der Waals surface area contributed by atoms with Crippen LogP contribution in [0.3, 0.4) is 0 Å². The van der Waals surface area contributed by atoms with Gasteiger partial charge in [0.05, 0.1) is 18.6 Å². The van der Waals surface area contributed by atoms with Gasteiger partial charge >= 0.3 is 6.03 Å². The van der Waals surface area contributed by atoms with E-state index in [0.717, 1.165) is 89.2 Å². The Labute approximate surface area is 495 Å². The first-order valence-electron chi connectivity index (χ1n) is 31.1. The number of thioether (sulfide) groups is 1. The number of hydrogen-bond acceptors (Lipinski definition) is 17. The maximum absolute atomic E-state index is 14.5. The predicted octanol–water partition coefficient (Wildman–Crippen LogP) is 1.55. The number of nitrogens with one attached hydrogen (secondary N) is 4. The van der Waals surface area contributed by atoms with E-state index in [1.165, 1.54) is 14.7 Å². The zero-order valence-electron chi connectivity index (χ0n) is 50.0. The van der Waals surface area contributed by atoms with Gasteiger partial charge < -0.3 is 71.9 Å². The number of nitrogens with two attached hydrogens (primary N) is 2. The van der Waals surface area contributed by atoms with Crippen LogP contribution in [0.25, 0.3) is 0 Å². The van der Waals surface area contributed by atoms with E-state index in [0.29, 0.717) is 140 Å². The molecule has 6 aliphatic rings. The molecule has 7 heterocycles. The molecule has 6 saturated heterocycles. The molecule has 7 atom stereocenters. The van der Waals surface area contributed by atoms with Crippen molar-refractivity contribution in [2.45, 2.75) is 171 Å². The van der Waals surface area contributed by atoms with Gasteiger partial charge in [-0.3, -0.25) is 33.6 Å². The molecular weight excluding hydrogens is 1080 g/mol. The molecule has 0 aromatic carbocycles. The Hall–Kier alpha value is -5.76. The fourth-order valence-corrected chi connectivity index (χ4v) is 13.8. The molecule has 9 amide bonds. The highest BCUT2D eigenvalue weighted by Crippen LogP contribution is 2.33. The van der Waals surface area contributed by atoms with Crippen molar-refractivity contribution in [3.63, 3.8) is 0 Å². The molecule has 0 unspecified atom stereocenters. The third-order valence-corrected chi connectivity index (χ3v) is 19.1. The van der Waals surface area contributed by atoms with E-state index in [4.69, 9.17) is 26.4 Å². The average Bonchev–Trinajstić information content (AvgIpc) is 4.11. The molecule has 83 heavy (non-hydrogen) atoms. The van der Waals surface area contributed by atoms with Gasteiger partial charge in [-0.1, -0.05) is 65.2 Å². The Morgan fingerprint density at radius 1 is 0.651 bits per heavy atom. The Balaban J connectivity index is 0.861. The molecule has 0 spiro atoms. The summed E-state index contributed by atoms with van der Waals surface area (Å²) in [6.07, 6.45) is 15.7. The van der Waals surface area contributed by atoms with E-state index in [-0.39, 0.29) is 85.0 Å². The molecule has 8 N–H and O–H groups in total. The molecule has 26 heteroatoms. The van der Waals surface area contributed by atoms with Crippen molar-refractivity contribution in [3.05, 3.63) is 0 Å². The van der Waals surface area contributed by atoms with Crippen LogP contribution in [0.1, 0.15) is 136 Å². The smallest absolute Gasteiger partial charge is 0.315 e. The first-order valence-corrected chi connectivity index (χ1v) is 32.2. The summed E-state index contributed by atoms with van der Waals surface area (Å²) in [5.74, 6) is 1.40. The lowest BCUT2D eigenvalue weighted by molar-refractivity contribution is -0.163. The van der Waals surface area contributed by atoms with E-state index in [1.807, 2.05) is 30.5 Å². The van der Waals surface area contributed by atoms with Gasteiger partial charge in [0.25, 0.3) is 0 Å². The summed E-state index contributed by atoms with van der Waals surface area (Å²) in [7, 11) is 3.28. The van der Waals surface area contributed by atoms with Crippen molar-refractivity contribution in [1.29, 1.82) is 0 Å². The molecule has 6 fully saturated rings. The number of unbranched alkanes of at least 4 members (excludes halogenated alkanes) is 10. The number of carbonyl (C=O) groups is 8. The number of amides is 9. The molecule has 464 valence electrons. The number of nitrogens with zero attached hydrogens (tertiary/aromatic N) is 11. The van der Waals surface area contributed by atoms with E-state index in [1.54, 1.807) is 23.9 Å². The van der Waals surface area contributed by atoms with E-state index < -0.39 is 18.1 Å². The summed E-state index contributed by atoms with van der Waals surface area (Å²) in [5.41, 5.74) is 11.5. The van der Waals surface area contributed by atoms with Crippen LogP contribution in [0.2, 0.25) is 0 Å². The second kappa shape index (κ2) is 32.5. The molecule has 1 aromatic heterocycles. The molecule has 0 aliphatic carbocycles. The highest BCUT2D eigenvalue weighted by atomic mass is 32.2. The number of urea groups is 1. The monoisotopic (exact) mass is 1180 g/mol. The lowest BCUT2D eigenvalue weighted by Gasteiger charge is -2.45. The average molecular weight is 1180 g/mol. The zero-order valence-corrected chi connectivity index (χ0v) is 50.9. The van der Waals surface area contributed by atoms with Crippen molar-refractivity contribution < 1.29 is 38.4 Å². The number of carbonyl (C=O) groups excluding carboxylic acids is 8. The summed E-state index contributed by atoms with van der Waals surface area (Å²) >= 11 is 1.91. The van der Waals surface area contributed by atoms with Crippen LogP contribution in [-0.4, -0.2) is 245 Å². The van der Waals surface area contributed by atoms with Crippen LogP contribution in [0, 0.1) is 5.92 Å². The van der Waals surface area contributed by atoms with Gasteiger partial charge in [0.2, 0.25) is 59.2 Å². The maximum Gasteiger partial charge on any atom is 0.315 e. The third-order valence-electron chi connectivity index (χ3n) is 17.6. The summed E-state index contributed by atoms with van der Waals surface area (Å²) < 4.78 is 0. The van der Waals surface area contributed by atoms with Gasteiger partial charge in [0.15, 0.2) is 0 Å². The summed E-state index contributed by atoms with van der Waals surface area (Å²) in [6, 6.07) is -1.79. The van der Waals surface area contributed by atoms with Crippen LogP contribution >= 0.6 is 11.8 Å². The van der Waals surface area contributed by atoms with Crippen LogP contribution < -0.4 is 42.5 Å². The molecular formula is C57H97N17O8S. The minimum absolute atomic E-state index is 0.0179. The van der Waals surface area contributed by atoms with Crippen molar-refractivity contribution in [1.82, 2.24) is 60.3 Å². The van der Waals surface area contributed by atoms with Crippen LogP contribution in [0.5, 0.6) is 0 Å². The first-order chi connectivity index (χ1) is 40.1. The Bertz CT molecular complexity index is 2340. The van der Waals surface area contributed by atoms with E-state index in [2.05, 4.69) is 31.1 Å². The molecule has 7 rings (SSSR count). The fraction of sp³-hybridized carbons (Fsp3) is 0.807. The maximum atomic E-state index is 14.5. The third kappa shape index (κ3) is 17.9. The highest BCUT2D eigenvalue weighted by Gasteiger charge is 2.46. The number of anilines is 3. The van der Waals surface area contributed by atoms with Gasteiger partial charge in [0, 0.05) is 97.0 Å². The quantitative estimate of drug-likeness (QED) is 0.0430. The summed E-state index contributed by atoms with van der Waals surface area (Å²) in [6.45, 7) is 9.80. The number of piperazine rings is 4. The minimum Gasteiger partial charge on any atom is -0.354 e. The lowest BCUT2D eigenvalue weighted by atomic mass is 9.93. The van der Waals surface area contributed by atoms with E-state index >= 15 is 0 Å². The SMILES string of the molecule is CC[C@H](C)[C@H]1C(=O)N([C@@H](CCCCN)C(=O)N2CCN(c3nc(NCCCC[C@@H]4SC[C@@H]5NC(=O)N[C@@H]54)nc(N4CCN(C(=O)CCCCCCCCCCNC(=O)[C@H](CCCCN)N5CC(=O)N(C)CC5=O)CC4)n3)CC2)CC(=O)N1C. The van der Waals surface area contributed by atoms with Crippen molar-refractivity contribution in [3.8, 4) is 0 Å². The summed E-state index contributed by atoms with van der Waals surface area (Å²) in [4.78, 5) is 134. The number of aromatic nitrogens is 3. The molecule has 25 nitrogen and oxygen atoms in total. The summed E-state index contributed by atoms with van der Waals surface area (Å²) in [5, 5.41) is 13.0. The van der Waals surface area contributed by atoms with E-state index in [9.17, 15) is 38.4 Å². The van der Waals surface area contributed by atoms with Crippen molar-refractivity contribution >= 4 is 77.0 Å². The molecule has 0 bridgehead atoms. The van der Waals surface area contributed by atoms with Gasteiger partial charge in [-0.25, -0.2) is 4.79 Å². The largest absolute Gasteiger partial charge is 0.354 e. The first kappa shape index (κ1) is 64.8. The normalized spacial score (nSPS) is 22.5.